The predicted octanol–water partition coefficient (Wildman–Crippen LogP) is 3.57. The number of hydrogen-bond donors (Lipinski definition) is 4. The number of carbonyl (C=O) groups excluding carboxylic acids is 1. The molecule has 1 atom stereocenters. The fourth-order valence-electron chi connectivity index (χ4n) is 3.39. The van der Waals surface area contributed by atoms with Gasteiger partial charge in [-0.05, 0) is 44.2 Å². The van der Waals surface area contributed by atoms with Crippen molar-refractivity contribution in [3.63, 3.8) is 0 Å². The summed E-state index contributed by atoms with van der Waals surface area (Å²) < 4.78 is 7.25. The van der Waals surface area contributed by atoms with Crippen molar-refractivity contribution in [1.82, 2.24) is 29.9 Å². The number of benzene rings is 1. The Kier molecular flexibility index (Phi) is 5.65. The molecular weight excluding hydrogens is 428 g/mol. The first-order valence-electron chi connectivity index (χ1n) is 10.2. The molecule has 4 N–H and O–H groups in total. The number of anilines is 3. The van der Waals surface area contributed by atoms with E-state index < -0.39 is 6.09 Å². The topological polar surface area (TPSA) is 121 Å². The molecule has 1 aliphatic heterocycles. The zero-order valence-corrected chi connectivity index (χ0v) is 18.1. The molecule has 1 aromatic carbocycles. The van der Waals surface area contributed by atoms with Gasteiger partial charge in [-0.1, -0.05) is 11.8 Å². The average molecular weight is 451 g/mol. The first-order chi connectivity index (χ1) is 15.6. The first kappa shape index (κ1) is 20.3. The van der Waals surface area contributed by atoms with Gasteiger partial charge in [-0.15, -0.1) is 0 Å². The largest absolute Gasteiger partial charge is 0.445 e. The molecule has 0 spiro atoms. The second-order valence-corrected chi connectivity index (χ2v) is 8.50. The van der Waals surface area contributed by atoms with Gasteiger partial charge in [0, 0.05) is 47.3 Å². The Morgan fingerprint density at radius 2 is 2.16 bits per heavy atom. The Hall–Kier alpha value is -3.57. The van der Waals surface area contributed by atoms with E-state index in [2.05, 4.69) is 31.1 Å². The van der Waals surface area contributed by atoms with Gasteiger partial charge in [-0.2, -0.15) is 5.10 Å². The molecule has 5 rings (SSSR count). The normalized spacial score (nSPS) is 15.7. The molecule has 0 bridgehead atoms. The Balaban J connectivity index is 1.28. The van der Waals surface area contributed by atoms with Crippen molar-refractivity contribution in [2.24, 2.45) is 0 Å². The molecule has 1 aliphatic rings. The molecule has 164 valence electrons. The third kappa shape index (κ3) is 4.68. The lowest BCUT2D eigenvalue weighted by molar-refractivity contribution is 0.121. The number of aromatic nitrogens is 5. The van der Waals surface area contributed by atoms with E-state index in [9.17, 15) is 4.79 Å². The second kappa shape index (κ2) is 8.89. The number of nitrogens with zero attached hydrogens (tertiary/aromatic N) is 4. The summed E-state index contributed by atoms with van der Waals surface area (Å²) in [5, 5.41) is 17.1. The Bertz CT molecular complexity index is 1230. The van der Waals surface area contributed by atoms with Crippen LogP contribution in [0.25, 0.3) is 5.65 Å². The van der Waals surface area contributed by atoms with Crippen molar-refractivity contribution in [2.45, 2.75) is 29.4 Å². The van der Waals surface area contributed by atoms with Crippen LogP contribution in [0.1, 0.15) is 12.1 Å². The highest BCUT2D eigenvalue weighted by atomic mass is 32.2. The molecule has 1 unspecified atom stereocenters. The number of fused-ring (bicyclic) bond motifs is 1. The van der Waals surface area contributed by atoms with Crippen LogP contribution in [-0.4, -0.2) is 49.9 Å². The van der Waals surface area contributed by atoms with E-state index in [1.54, 1.807) is 6.20 Å². The maximum absolute atomic E-state index is 12.0. The number of amides is 1. The standard InChI is InChI=1S/C21H22N8O2S/c1-13-10-17(28-27-13)25-20-26-19(11-18-23-8-9-29(18)20)32-16-4-2-14(3-5-16)24-21(30)31-15-6-7-22-12-15/h2-5,8-11,15,22H,6-7,12H2,1H3,(H,24,30)(H2,25,26,27,28). The van der Waals surface area contributed by atoms with Crippen molar-refractivity contribution < 1.29 is 9.53 Å². The molecule has 4 heterocycles. The Morgan fingerprint density at radius 3 is 2.91 bits per heavy atom. The molecule has 4 aromatic rings. The maximum atomic E-state index is 12.0. The highest BCUT2D eigenvalue weighted by Crippen LogP contribution is 2.29. The average Bonchev–Trinajstić information content (AvgIpc) is 3.52. The van der Waals surface area contributed by atoms with Crippen LogP contribution in [0.3, 0.4) is 0 Å². The number of aromatic amines is 1. The molecule has 0 aliphatic carbocycles. The van der Waals surface area contributed by atoms with Gasteiger partial charge in [0.15, 0.2) is 5.82 Å². The lowest BCUT2D eigenvalue weighted by atomic mass is 10.3. The van der Waals surface area contributed by atoms with Crippen molar-refractivity contribution in [3.8, 4) is 0 Å². The molecule has 10 nitrogen and oxygen atoms in total. The van der Waals surface area contributed by atoms with Crippen LogP contribution >= 0.6 is 11.8 Å². The summed E-state index contributed by atoms with van der Waals surface area (Å²) in [5.41, 5.74) is 2.41. The van der Waals surface area contributed by atoms with Crippen LogP contribution in [0.15, 0.2) is 58.7 Å². The summed E-state index contributed by atoms with van der Waals surface area (Å²) in [6, 6.07) is 11.4. The van der Waals surface area contributed by atoms with Crippen molar-refractivity contribution >= 4 is 41.0 Å². The molecule has 0 radical (unpaired) electrons. The molecule has 11 heteroatoms. The van der Waals surface area contributed by atoms with E-state index in [0.717, 1.165) is 34.2 Å². The highest BCUT2D eigenvalue weighted by molar-refractivity contribution is 7.99. The predicted molar refractivity (Wildman–Crippen MR) is 122 cm³/mol. The minimum atomic E-state index is -0.435. The third-order valence-corrected chi connectivity index (χ3v) is 5.85. The van der Waals surface area contributed by atoms with Gasteiger partial charge < -0.3 is 15.4 Å². The summed E-state index contributed by atoms with van der Waals surface area (Å²) in [7, 11) is 0. The number of aryl methyl sites for hydroxylation is 1. The van der Waals surface area contributed by atoms with Gasteiger partial charge in [0.05, 0.1) is 0 Å². The summed E-state index contributed by atoms with van der Waals surface area (Å²) >= 11 is 1.50. The number of carbonyl (C=O) groups is 1. The molecule has 1 saturated heterocycles. The number of ether oxygens (including phenoxy) is 1. The maximum Gasteiger partial charge on any atom is 0.411 e. The van der Waals surface area contributed by atoms with Gasteiger partial charge in [0.2, 0.25) is 5.95 Å². The molecule has 1 amide bonds. The molecule has 0 saturated carbocycles. The number of H-pyrrole nitrogens is 1. The molecule has 32 heavy (non-hydrogen) atoms. The van der Waals surface area contributed by atoms with Gasteiger partial charge in [-0.3, -0.25) is 14.8 Å². The van der Waals surface area contributed by atoms with Crippen LogP contribution in [0.2, 0.25) is 0 Å². The third-order valence-electron chi connectivity index (χ3n) is 4.92. The zero-order valence-electron chi connectivity index (χ0n) is 17.3. The first-order valence-corrected chi connectivity index (χ1v) is 11.0. The summed E-state index contributed by atoms with van der Waals surface area (Å²) in [5.74, 6) is 1.30. The smallest absolute Gasteiger partial charge is 0.411 e. The van der Waals surface area contributed by atoms with E-state index in [0.29, 0.717) is 24.0 Å². The van der Waals surface area contributed by atoms with Gasteiger partial charge in [0.1, 0.15) is 16.8 Å². The van der Waals surface area contributed by atoms with E-state index in [1.807, 2.05) is 53.9 Å². The van der Waals surface area contributed by atoms with Crippen LogP contribution in [0.4, 0.5) is 22.2 Å². The quantitative estimate of drug-likeness (QED) is 0.329. The zero-order chi connectivity index (χ0) is 21.9. The van der Waals surface area contributed by atoms with Gasteiger partial charge in [0.25, 0.3) is 0 Å². The van der Waals surface area contributed by atoms with E-state index >= 15 is 0 Å². The van der Waals surface area contributed by atoms with E-state index in [-0.39, 0.29) is 6.10 Å². The van der Waals surface area contributed by atoms with Crippen LogP contribution in [0.5, 0.6) is 0 Å². The number of nitrogens with one attached hydrogen (secondary N) is 4. The van der Waals surface area contributed by atoms with Crippen LogP contribution < -0.4 is 16.0 Å². The lowest BCUT2D eigenvalue weighted by Crippen LogP contribution is -2.24. The lowest BCUT2D eigenvalue weighted by Gasteiger charge is -2.12. The summed E-state index contributed by atoms with van der Waals surface area (Å²) in [4.78, 5) is 22.1. The second-order valence-electron chi connectivity index (χ2n) is 7.41. The van der Waals surface area contributed by atoms with E-state index in [4.69, 9.17) is 9.72 Å². The summed E-state index contributed by atoms with van der Waals surface area (Å²) in [6.45, 7) is 3.52. The molecular formula is C21H22N8O2S. The monoisotopic (exact) mass is 450 g/mol. The van der Waals surface area contributed by atoms with E-state index in [1.165, 1.54) is 11.8 Å². The molecule has 1 fully saturated rings. The number of rotatable bonds is 6. The number of hydrogen-bond acceptors (Lipinski definition) is 8. The molecule has 3 aromatic heterocycles. The van der Waals surface area contributed by atoms with Gasteiger partial charge >= 0.3 is 6.09 Å². The minimum absolute atomic E-state index is 0.0679. The van der Waals surface area contributed by atoms with Crippen LogP contribution in [0, 0.1) is 6.92 Å². The minimum Gasteiger partial charge on any atom is -0.445 e. The SMILES string of the molecule is Cc1cc(Nc2nc(Sc3ccc(NC(=O)OC4CCNC4)cc3)cc3nccn23)n[nH]1. The number of imidazole rings is 1. The fraction of sp³-hybridized carbons (Fsp3) is 0.238. The fourth-order valence-corrected chi connectivity index (χ4v) is 4.20. The Morgan fingerprint density at radius 1 is 1.28 bits per heavy atom. The Labute approximate surface area is 188 Å². The van der Waals surface area contributed by atoms with Crippen molar-refractivity contribution in [2.75, 3.05) is 23.7 Å². The van der Waals surface area contributed by atoms with Crippen molar-refractivity contribution in [3.05, 3.63) is 54.5 Å². The van der Waals surface area contributed by atoms with Crippen molar-refractivity contribution in [1.29, 1.82) is 0 Å². The van der Waals surface area contributed by atoms with Gasteiger partial charge in [-0.25, -0.2) is 14.8 Å². The van der Waals surface area contributed by atoms with Crippen LogP contribution in [-0.2, 0) is 4.74 Å². The highest BCUT2D eigenvalue weighted by Gasteiger charge is 2.18. The summed E-state index contributed by atoms with van der Waals surface area (Å²) in [6.07, 6.45) is 3.91.